The molecular formula is C29H18IrN-. The second-order valence-corrected chi connectivity index (χ2v) is 7.61. The van der Waals surface area contributed by atoms with Crippen molar-refractivity contribution in [2.24, 2.45) is 0 Å². The van der Waals surface area contributed by atoms with Crippen LogP contribution in [0.4, 0.5) is 0 Å². The summed E-state index contributed by atoms with van der Waals surface area (Å²) in [5.41, 5.74) is 5.82. The van der Waals surface area contributed by atoms with Crippen LogP contribution in [0.15, 0.2) is 109 Å². The summed E-state index contributed by atoms with van der Waals surface area (Å²) >= 11 is 0. The molecule has 149 valence electrons. The van der Waals surface area contributed by atoms with E-state index >= 15 is 0 Å². The van der Waals surface area contributed by atoms with Crippen LogP contribution in [0.2, 0.25) is 0 Å². The van der Waals surface area contributed by atoms with E-state index in [2.05, 4.69) is 97.1 Å². The molecule has 0 aliphatic carbocycles. The first kappa shape index (κ1) is 19.6. The van der Waals surface area contributed by atoms with Crippen molar-refractivity contribution in [3.8, 4) is 22.3 Å². The van der Waals surface area contributed by atoms with Gasteiger partial charge in [0.15, 0.2) is 0 Å². The summed E-state index contributed by atoms with van der Waals surface area (Å²) in [7, 11) is 0. The van der Waals surface area contributed by atoms with Crippen LogP contribution in [0.3, 0.4) is 0 Å². The minimum absolute atomic E-state index is 0. The van der Waals surface area contributed by atoms with E-state index in [0.717, 1.165) is 21.7 Å². The second kappa shape index (κ2) is 8.07. The van der Waals surface area contributed by atoms with Crippen molar-refractivity contribution in [3.63, 3.8) is 0 Å². The Labute approximate surface area is 194 Å². The fourth-order valence-electron chi connectivity index (χ4n) is 4.25. The molecule has 0 unspecified atom stereocenters. The van der Waals surface area contributed by atoms with Crippen molar-refractivity contribution in [3.05, 3.63) is 115 Å². The van der Waals surface area contributed by atoms with Crippen LogP contribution in [0.25, 0.3) is 54.7 Å². The normalized spacial score (nSPS) is 11.0. The van der Waals surface area contributed by atoms with Crippen LogP contribution in [-0.2, 0) is 20.1 Å². The number of hydrogen-bond acceptors (Lipinski definition) is 1. The van der Waals surface area contributed by atoms with Crippen molar-refractivity contribution in [1.29, 1.82) is 0 Å². The Morgan fingerprint density at radius 1 is 0.548 bits per heavy atom. The van der Waals surface area contributed by atoms with Crippen LogP contribution in [-0.4, -0.2) is 4.98 Å². The zero-order chi connectivity index (χ0) is 19.9. The van der Waals surface area contributed by atoms with Gasteiger partial charge in [-0.25, -0.2) is 0 Å². The topological polar surface area (TPSA) is 12.9 Å². The average molecular weight is 573 g/mol. The van der Waals surface area contributed by atoms with Gasteiger partial charge in [0.2, 0.25) is 0 Å². The molecule has 0 fully saturated rings. The van der Waals surface area contributed by atoms with E-state index < -0.39 is 0 Å². The molecule has 2 heteroatoms. The summed E-state index contributed by atoms with van der Waals surface area (Å²) in [6.45, 7) is 0. The van der Waals surface area contributed by atoms with Gasteiger partial charge in [0.25, 0.3) is 0 Å². The smallest absolute Gasteiger partial charge is 0.0240 e. The Morgan fingerprint density at radius 2 is 1.19 bits per heavy atom. The van der Waals surface area contributed by atoms with E-state index in [-0.39, 0.29) is 20.1 Å². The molecular weight excluding hydrogens is 555 g/mol. The number of aromatic nitrogens is 1. The maximum atomic E-state index is 4.84. The molecule has 1 nitrogen and oxygen atoms in total. The van der Waals surface area contributed by atoms with E-state index in [1.807, 2.05) is 18.3 Å². The first-order valence-corrected chi connectivity index (χ1v) is 10.1. The third-order valence-corrected chi connectivity index (χ3v) is 5.78. The number of rotatable bonds is 2. The van der Waals surface area contributed by atoms with Gasteiger partial charge in [-0.15, -0.1) is 29.0 Å². The van der Waals surface area contributed by atoms with Crippen molar-refractivity contribution >= 4 is 32.4 Å². The minimum Gasteiger partial charge on any atom is -0.303 e. The quantitative estimate of drug-likeness (QED) is 0.153. The summed E-state index contributed by atoms with van der Waals surface area (Å²) < 4.78 is 0. The van der Waals surface area contributed by atoms with Gasteiger partial charge in [0, 0.05) is 26.3 Å². The molecule has 1 radical (unpaired) electrons. The predicted octanol–water partition coefficient (Wildman–Crippen LogP) is 7.67. The van der Waals surface area contributed by atoms with Crippen molar-refractivity contribution in [1.82, 2.24) is 4.98 Å². The molecule has 5 aromatic carbocycles. The monoisotopic (exact) mass is 573 g/mol. The van der Waals surface area contributed by atoms with Crippen LogP contribution in [0.5, 0.6) is 0 Å². The summed E-state index contributed by atoms with van der Waals surface area (Å²) in [5, 5.41) is 5.78. The molecule has 1 heterocycles. The Morgan fingerprint density at radius 3 is 1.94 bits per heavy atom. The van der Waals surface area contributed by atoms with Gasteiger partial charge in [-0.3, -0.25) is 0 Å². The van der Waals surface area contributed by atoms with Gasteiger partial charge >= 0.3 is 0 Å². The fourth-order valence-corrected chi connectivity index (χ4v) is 4.25. The standard InChI is InChI=1S/C29H18N.Ir/c1-3-7-20(8-4-1)22-12-15-27-24(17-22)13-16-28-26-14-11-23(21-9-5-2-6-10-21)18-25(26)19-30-29(27)28;/h1-14,16-19H;/q-1;. The van der Waals surface area contributed by atoms with Crippen LogP contribution in [0.1, 0.15) is 0 Å². The average Bonchev–Trinajstić information content (AvgIpc) is 2.84. The molecule has 0 aliphatic heterocycles. The van der Waals surface area contributed by atoms with Crippen LogP contribution < -0.4 is 0 Å². The molecule has 1 aromatic heterocycles. The van der Waals surface area contributed by atoms with Crippen molar-refractivity contribution < 1.29 is 20.1 Å². The number of benzene rings is 5. The Bertz CT molecular complexity index is 1400. The maximum Gasteiger partial charge on any atom is 0.0240 e. The molecule has 0 N–H and O–H groups in total. The first-order valence-electron chi connectivity index (χ1n) is 10.1. The number of pyridine rings is 1. The predicted molar refractivity (Wildman–Crippen MR) is 126 cm³/mol. The molecule has 6 rings (SSSR count). The van der Waals surface area contributed by atoms with E-state index in [1.165, 1.54) is 33.0 Å². The molecule has 0 saturated heterocycles. The van der Waals surface area contributed by atoms with Gasteiger partial charge in [0.05, 0.1) is 0 Å². The van der Waals surface area contributed by atoms with Crippen LogP contribution in [0, 0.1) is 6.07 Å². The first-order chi connectivity index (χ1) is 14.9. The van der Waals surface area contributed by atoms with Crippen molar-refractivity contribution in [2.75, 3.05) is 0 Å². The molecule has 0 spiro atoms. The Kier molecular flexibility index (Phi) is 5.11. The molecule has 0 atom stereocenters. The molecule has 0 bridgehead atoms. The Balaban J connectivity index is 0.00000204. The van der Waals surface area contributed by atoms with E-state index in [1.54, 1.807) is 0 Å². The summed E-state index contributed by atoms with van der Waals surface area (Å²) in [5.74, 6) is 0. The fraction of sp³-hybridized carbons (Fsp3) is 0. The largest absolute Gasteiger partial charge is 0.303 e. The second-order valence-electron chi connectivity index (χ2n) is 7.61. The van der Waals surface area contributed by atoms with E-state index in [4.69, 9.17) is 4.98 Å². The summed E-state index contributed by atoms with van der Waals surface area (Å²) in [6.07, 6.45) is 1.99. The Hall–Kier alpha value is -3.32. The zero-order valence-corrected chi connectivity index (χ0v) is 19.1. The zero-order valence-electron chi connectivity index (χ0n) is 16.7. The molecule has 6 aromatic rings. The van der Waals surface area contributed by atoms with Gasteiger partial charge < -0.3 is 4.98 Å². The molecule has 0 amide bonds. The minimum atomic E-state index is 0. The summed E-state index contributed by atoms with van der Waals surface area (Å²) in [6, 6.07) is 39.7. The van der Waals surface area contributed by atoms with Crippen molar-refractivity contribution in [2.45, 2.75) is 0 Å². The van der Waals surface area contributed by atoms with E-state index in [0.29, 0.717) is 0 Å². The van der Waals surface area contributed by atoms with Gasteiger partial charge in [0.1, 0.15) is 0 Å². The third kappa shape index (κ3) is 3.45. The van der Waals surface area contributed by atoms with Gasteiger partial charge in [-0.2, -0.15) is 0 Å². The number of hydrogen-bond donors (Lipinski definition) is 0. The summed E-state index contributed by atoms with van der Waals surface area (Å²) in [4.78, 5) is 4.84. The molecule has 0 saturated carbocycles. The van der Waals surface area contributed by atoms with Gasteiger partial charge in [-0.05, 0) is 38.9 Å². The SMILES string of the molecule is [Ir].[c-]1cc(-c2ccccc2)cc2ccc3c4ccc(-c5ccccc5)cc4cnc3c12. The number of fused-ring (bicyclic) bond motifs is 5. The van der Waals surface area contributed by atoms with Gasteiger partial charge in [-0.1, -0.05) is 96.1 Å². The maximum absolute atomic E-state index is 4.84. The van der Waals surface area contributed by atoms with E-state index in [9.17, 15) is 0 Å². The molecule has 0 aliphatic rings. The van der Waals surface area contributed by atoms with Crippen LogP contribution >= 0.6 is 0 Å². The third-order valence-electron chi connectivity index (χ3n) is 5.78. The molecule has 31 heavy (non-hydrogen) atoms. The number of nitrogens with zero attached hydrogens (tertiary/aromatic N) is 1.